The molecule has 0 saturated heterocycles. The fourth-order valence-electron chi connectivity index (χ4n) is 2.79. The van der Waals surface area contributed by atoms with Crippen molar-refractivity contribution in [3.05, 3.63) is 102 Å². The molecule has 3 aromatic rings. The molecule has 2 amide bonds. The van der Waals surface area contributed by atoms with Crippen LogP contribution in [0.15, 0.2) is 85.2 Å². The first kappa shape index (κ1) is 17.4. The van der Waals surface area contributed by atoms with Gasteiger partial charge in [-0.3, -0.25) is 9.59 Å². The van der Waals surface area contributed by atoms with Crippen LogP contribution in [0.4, 0.5) is 0 Å². The predicted molar refractivity (Wildman–Crippen MR) is 98.0 cm³/mol. The van der Waals surface area contributed by atoms with Gasteiger partial charge in [-0.25, -0.2) is 0 Å². The molecule has 0 atom stereocenters. The van der Waals surface area contributed by atoms with Crippen molar-refractivity contribution in [1.82, 2.24) is 5.32 Å². The second-order valence-electron chi connectivity index (χ2n) is 5.95. The van der Waals surface area contributed by atoms with Gasteiger partial charge in [0.25, 0.3) is 11.8 Å². The molecule has 0 unspecified atom stereocenters. The molecule has 1 aromatic heterocycles. The Balaban J connectivity index is 1.80. The minimum absolute atomic E-state index is 0.0945. The largest absolute Gasteiger partial charge is 0.365 e. The molecule has 2 aromatic carbocycles. The molecule has 3 rings (SSSR count). The molecule has 130 valence electrons. The van der Waals surface area contributed by atoms with E-state index in [2.05, 4.69) is 5.32 Å². The minimum Gasteiger partial charge on any atom is -0.365 e. The number of carbonyl (C=O) groups is 2. The number of amides is 2. The van der Waals surface area contributed by atoms with E-state index in [1.54, 1.807) is 29.1 Å². The van der Waals surface area contributed by atoms with Gasteiger partial charge in [0, 0.05) is 6.07 Å². The van der Waals surface area contributed by atoms with E-state index in [1.807, 2.05) is 60.7 Å². The van der Waals surface area contributed by atoms with E-state index >= 15 is 0 Å². The lowest BCUT2D eigenvalue weighted by atomic mass is 9.99. The summed E-state index contributed by atoms with van der Waals surface area (Å²) in [4.78, 5) is 23.9. The summed E-state index contributed by atoms with van der Waals surface area (Å²) < 4.78 is 1.64. The third-order valence-electron chi connectivity index (χ3n) is 4.04. The number of pyridine rings is 1. The van der Waals surface area contributed by atoms with Gasteiger partial charge in [0.1, 0.15) is 5.56 Å². The average Bonchev–Trinajstić information content (AvgIpc) is 2.67. The average molecular weight is 346 g/mol. The van der Waals surface area contributed by atoms with Crippen LogP contribution in [0.3, 0.4) is 0 Å². The van der Waals surface area contributed by atoms with Gasteiger partial charge in [-0.1, -0.05) is 60.7 Å². The molecule has 1 heterocycles. The Morgan fingerprint density at radius 3 is 2.00 bits per heavy atom. The first-order chi connectivity index (χ1) is 12.6. The lowest BCUT2D eigenvalue weighted by Gasteiger charge is -2.19. The van der Waals surface area contributed by atoms with Crippen LogP contribution in [0, 0.1) is 0 Å². The fraction of sp³-hybridized carbons (Fsp3) is 0.0952. The fourth-order valence-corrected chi connectivity index (χ4v) is 2.79. The number of benzene rings is 2. The highest BCUT2D eigenvalue weighted by atomic mass is 16.2. The number of aromatic nitrogens is 1. The van der Waals surface area contributed by atoms with Gasteiger partial charge in [0.05, 0.1) is 6.04 Å². The zero-order valence-corrected chi connectivity index (χ0v) is 14.2. The van der Waals surface area contributed by atoms with Crippen LogP contribution in [0.5, 0.6) is 0 Å². The number of nitrogens with one attached hydrogen (secondary N) is 1. The smallest absolute Gasteiger partial charge is 0.286 e. The number of hydrogen-bond acceptors (Lipinski definition) is 2. The second kappa shape index (κ2) is 8.07. The van der Waals surface area contributed by atoms with Gasteiger partial charge in [0.2, 0.25) is 6.54 Å². The van der Waals surface area contributed by atoms with Crippen molar-refractivity contribution >= 4 is 11.8 Å². The van der Waals surface area contributed by atoms with Gasteiger partial charge >= 0.3 is 0 Å². The van der Waals surface area contributed by atoms with Crippen molar-refractivity contribution in [3.8, 4) is 0 Å². The Morgan fingerprint density at radius 1 is 0.885 bits per heavy atom. The molecule has 0 fully saturated rings. The Hall–Kier alpha value is -3.47. The maximum absolute atomic E-state index is 12.6. The standard InChI is InChI=1S/C21H19N3O2/c22-21(26)18-12-7-13-24(14-18)15-19(25)23-20(16-8-3-1-4-9-16)17-10-5-2-6-11-17/h1-14,20H,15H2,(H2-,22,23,25,26)/p+1. The van der Waals surface area contributed by atoms with Crippen LogP contribution < -0.4 is 15.6 Å². The van der Waals surface area contributed by atoms with Gasteiger partial charge in [-0.05, 0) is 17.2 Å². The topological polar surface area (TPSA) is 76.1 Å². The Morgan fingerprint density at radius 2 is 1.46 bits per heavy atom. The van der Waals surface area contributed by atoms with E-state index in [9.17, 15) is 9.59 Å². The van der Waals surface area contributed by atoms with Gasteiger partial charge < -0.3 is 11.1 Å². The maximum atomic E-state index is 12.6. The van der Waals surface area contributed by atoms with Gasteiger partial charge in [-0.2, -0.15) is 4.57 Å². The van der Waals surface area contributed by atoms with Gasteiger partial charge in [-0.15, -0.1) is 0 Å². The molecule has 0 aliphatic heterocycles. The van der Waals surface area contributed by atoms with Crippen LogP contribution in [0.25, 0.3) is 0 Å². The van der Waals surface area contributed by atoms with Crippen molar-refractivity contribution in [2.45, 2.75) is 12.6 Å². The lowest BCUT2D eigenvalue weighted by molar-refractivity contribution is -0.684. The number of nitrogens with two attached hydrogens (primary N) is 1. The van der Waals surface area contributed by atoms with Crippen LogP contribution in [-0.4, -0.2) is 11.8 Å². The highest BCUT2D eigenvalue weighted by molar-refractivity contribution is 5.92. The molecule has 0 spiro atoms. The van der Waals surface area contributed by atoms with Crippen molar-refractivity contribution in [2.24, 2.45) is 5.73 Å². The summed E-state index contributed by atoms with van der Waals surface area (Å²) in [6.45, 7) is 0.0945. The molecular weight excluding hydrogens is 326 g/mol. The Kier molecular flexibility index (Phi) is 5.39. The van der Waals surface area contributed by atoms with Crippen molar-refractivity contribution in [3.63, 3.8) is 0 Å². The first-order valence-electron chi connectivity index (χ1n) is 8.31. The molecule has 26 heavy (non-hydrogen) atoms. The minimum atomic E-state index is -0.522. The molecule has 5 heteroatoms. The third-order valence-corrected chi connectivity index (χ3v) is 4.04. The normalized spacial score (nSPS) is 10.5. The summed E-state index contributed by atoms with van der Waals surface area (Å²) in [6.07, 6.45) is 3.30. The molecule has 0 aliphatic rings. The molecule has 0 bridgehead atoms. The van der Waals surface area contributed by atoms with Crippen LogP contribution >= 0.6 is 0 Å². The van der Waals surface area contributed by atoms with Crippen LogP contribution in [0.1, 0.15) is 27.5 Å². The number of carbonyl (C=O) groups excluding carboxylic acids is 2. The van der Waals surface area contributed by atoms with E-state index in [4.69, 9.17) is 5.73 Å². The molecule has 0 aliphatic carbocycles. The summed E-state index contributed by atoms with van der Waals surface area (Å²) in [7, 11) is 0. The summed E-state index contributed by atoms with van der Waals surface area (Å²) >= 11 is 0. The SMILES string of the molecule is NC(=O)c1ccc[n+](CC(=O)NC(c2ccccc2)c2ccccc2)c1. The van der Waals surface area contributed by atoms with E-state index in [1.165, 1.54) is 0 Å². The maximum Gasteiger partial charge on any atom is 0.286 e. The lowest BCUT2D eigenvalue weighted by Crippen LogP contribution is -2.44. The second-order valence-corrected chi connectivity index (χ2v) is 5.95. The summed E-state index contributed by atoms with van der Waals surface area (Å²) in [5.74, 6) is -0.680. The highest BCUT2D eigenvalue weighted by Gasteiger charge is 2.19. The monoisotopic (exact) mass is 346 g/mol. The van der Waals surface area contributed by atoms with Crippen molar-refractivity contribution in [1.29, 1.82) is 0 Å². The summed E-state index contributed by atoms with van der Waals surface area (Å²) in [5.41, 5.74) is 7.66. The number of primary amides is 1. The zero-order chi connectivity index (χ0) is 18.4. The van der Waals surface area contributed by atoms with Crippen molar-refractivity contribution in [2.75, 3.05) is 0 Å². The van der Waals surface area contributed by atoms with E-state index in [0.29, 0.717) is 5.56 Å². The summed E-state index contributed by atoms with van der Waals surface area (Å²) in [5, 5.41) is 3.07. The molecule has 3 N–H and O–H groups in total. The first-order valence-corrected chi connectivity index (χ1v) is 8.31. The Bertz CT molecular complexity index is 856. The zero-order valence-electron chi connectivity index (χ0n) is 14.2. The number of nitrogens with zero attached hydrogens (tertiary/aromatic N) is 1. The third kappa shape index (κ3) is 4.33. The van der Waals surface area contributed by atoms with Crippen LogP contribution in [-0.2, 0) is 11.3 Å². The molecule has 0 radical (unpaired) electrons. The van der Waals surface area contributed by atoms with Crippen LogP contribution in [0.2, 0.25) is 0 Å². The predicted octanol–water partition coefficient (Wildman–Crippen LogP) is 1.98. The van der Waals surface area contributed by atoms with E-state index in [-0.39, 0.29) is 18.5 Å². The van der Waals surface area contributed by atoms with Gasteiger partial charge in [0.15, 0.2) is 12.4 Å². The van der Waals surface area contributed by atoms with Crippen molar-refractivity contribution < 1.29 is 14.2 Å². The highest BCUT2D eigenvalue weighted by Crippen LogP contribution is 2.21. The van der Waals surface area contributed by atoms with E-state index in [0.717, 1.165) is 11.1 Å². The van der Waals surface area contributed by atoms with E-state index < -0.39 is 5.91 Å². The summed E-state index contributed by atoms with van der Waals surface area (Å²) in [6, 6.07) is 22.7. The quantitative estimate of drug-likeness (QED) is 0.670. The Labute approximate surface area is 152 Å². The molecular formula is C21H20N3O2+. The molecule has 0 saturated carbocycles. The number of hydrogen-bond donors (Lipinski definition) is 2. The number of rotatable bonds is 6. The molecule has 5 nitrogen and oxygen atoms in total.